The van der Waals surface area contributed by atoms with E-state index in [-0.39, 0.29) is 23.7 Å². The standard InChI is InChI=1S/C19H21FN2O2S/c1-4-12(2)21-19(24)14-5-10-18(17(11-14)22-13(3)23)25-16-8-6-15(20)7-9-16/h5-12H,4H2,1-3H3,(H,21,24)(H,22,23). The molecule has 0 aromatic heterocycles. The van der Waals surface area contributed by atoms with E-state index in [9.17, 15) is 14.0 Å². The Balaban J connectivity index is 2.28. The van der Waals surface area contributed by atoms with Gasteiger partial charge in [0.2, 0.25) is 5.91 Å². The van der Waals surface area contributed by atoms with Crippen LogP contribution in [0.1, 0.15) is 37.6 Å². The van der Waals surface area contributed by atoms with Crippen LogP contribution in [-0.2, 0) is 4.79 Å². The van der Waals surface area contributed by atoms with Crippen LogP contribution in [0, 0.1) is 5.82 Å². The molecule has 0 aliphatic carbocycles. The zero-order chi connectivity index (χ0) is 18.4. The van der Waals surface area contributed by atoms with Gasteiger partial charge in [-0.15, -0.1) is 0 Å². The van der Waals surface area contributed by atoms with Gasteiger partial charge in [0.1, 0.15) is 5.82 Å². The summed E-state index contributed by atoms with van der Waals surface area (Å²) in [4.78, 5) is 25.4. The Morgan fingerprint density at radius 3 is 2.44 bits per heavy atom. The third-order valence-electron chi connectivity index (χ3n) is 3.58. The molecule has 4 nitrogen and oxygen atoms in total. The van der Waals surface area contributed by atoms with E-state index in [1.165, 1.54) is 30.8 Å². The maximum Gasteiger partial charge on any atom is 0.251 e. The lowest BCUT2D eigenvalue weighted by Gasteiger charge is -2.14. The molecule has 0 bridgehead atoms. The molecule has 1 atom stereocenters. The average molecular weight is 360 g/mol. The topological polar surface area (TPSA) is 58.2 Å². The van der Waals surface area contributed by atoms with Crippen LogP contribution >= 0.6 is 11.8 Å². The van der Waals surface area contributed by atoms with Crippen LogP contribution in [0.5, 0.6) is 0 Å². The van der Waals surface area contributed by atoms with Crippen LogP contribution in [0.3, 0.4) is 0 Å². The van der Waals surface area contributed by atoms with E-state index in [0.29, 0.717) is 11.3 Å². The van der Waals surface area contributed by atoms with Crippen molar-refractivity contribution in [1.82, 2.24) is 5.32 Å². The number of benzene rings is 2. The van der Waals surface area contributed by atoms with E-state index in [4.69, 9.17) is 0 Å². The molecule has 0 spiro atoms. The minimum absolute atomic E-state index is 0.0741. The van der Waals surface area contributed by atoms with Gasteiger partial charge >= 0.3 is 0 Å². The molecule has 0 saturated heterocycles. The van der Waals surface area contributed by atoms with Crippen LogP contribution in [-0.4, -0.2) is 17.9 Å². The highest BCUT2D eigenvalue weighted by molar-refractivity contribution is 7.99. The molecule has 6 heteroatoms. The first-order valence-corrected chi connectivity index (χ1v) is 8.86. The molecule has 2 aromatic rings. The number of rotatable bonds is 6. The third-order valence-corrected chi connectivity index (χ3v) is 4.67. The molecule has 0 saturated carbocycles. The Kier molecular flexibility index (Phi) is 6.58. The first kappa shape index (κ1) is 19.0. The number of hydrogen-bond donors (Lipinski definition) is 2. The summed E-state index contributed by atoms with van der Waals surface area (Å²) in [6.07, 6.45) is 0.836. The van der Waals surface area contributed by atoms with E-state index in [2.05, 4.69) is 10.6 Å². The molecule has 2 N–H and O–H groups in total. The van der Waals surface area contributed by atoms with Gasteiger partial charge in [-0.05, 0) is 55.8 Å². The van der Waals surface area contributed by atoms with E-state index in [1.54, 1.807) is 30.3 Å². The maximum atomic E-state index is 13.0. The van der Waals surface area contributed by atoms with Crippen LogP contribution in [0.15, 0.2) is 52.3 Å². The number of carbonyl (C=O) groups excluding carboxylic acids is 2. The summed E-state index contributed by atoms with van der Waals surface area (Å²) in [7, 11) is 0. The van der Waals surface area contributed by atoms with Crippen LogP contribution < -0.4 is 10.6 Å². The molecular formula is C19H21FN2O2S. The zero-order valence-corrected chi connectivity index (χ0v) is 15.2. The van der Waals surface area contributed by atoms with E-state index in [1.807, 2.05) is 13.8 Å². The fraction of sp³-hybridized carbons (Fsp3) is 0.263. The van der Waals surface area contributed by atoms with Crippen molar-refractivity contribution < 1.29 is 14.0 Å². The number of amides is 2. The highest BCUT2D eigenvalue weighted by Crippen LogP contribution is 2.34. The Labute approximate surface area is 151 Å². The predicted octanol–water partition coefficient (Wildman–Crippen LogP) is 4.46. The molecule has 0 fully saturated rings. The molecule has 0 aliphatic rings. The molecule has 0 aliphatic heterocycles. The van der Waals surface area contributed by atoms with Gasteiger partial charge in [-0.2, -0.15) is 0 Å². The predicted molar refractivity (Wildman–Crippen MR) is 98.5 cm³/mol. The Morgan fingerprint density at radius 2 is 1.84 bits per heavy atom. The monoisotopic (exact) mass is 360 g/mol. The summed E-state index contributed by atoms with van der Waals surface area (Å²) in [5, 5.41) is 5.66. The molecule has 132 valence electrons. The smallest absolute Gasteiger partial charge is 0.251 e. The average Bonchev–Trinajstić information content (AvgIpc) is 2.57. The second-order valence-electron chi connectivity index (χ2n) is 5.73. The lowest BCUT2D eigenvalue weighted by Crippen LogP contribution is -2.31. The summed E-state index contributed by atoms with van der Waals surface area (Å²) in [5.41, 5.74) is 1.03. The fourth-order valence-electron chi connectivity index (χ4n) is 2.09. The van der Waals surface area contributed by atoms with Crippen LogP contribution in [0.25, 0.3) is 0 Å². The molecular weight excluding hydrogens is 339 g/mol. The van der Waals surface area contributed by atoms with E-state index >= 15 is 0 Å². The van der Waals surface area contributed by atoms with Gasteiger partial charge in [-0.25, -0.2) is 4.39 Å². The maximum absolute atomic E-state index is 13.0. The van der Waals surface area contributed by atoms with Gasteiger partial charge in [-0.3, -0.25) is 9.59 Å². The van der Waals surface area contributed by atoms with Gasteiger partial charge < -0.3 is 10.6 Å². The van der Waals surface area contributed by atoms with Crippen molar-refractivity contribution in [3.05, 3.63) is 53.8 Å². The van der Waals surface area contributed by atoms with Crippen molar-refractivity contribution in [2.24, 2.45) is 0 Å². The summed E-state index contributed by atoms with van der Waals surface area (Å²) in [5.74, 6) is -0.705. The minimum Gasteiger partial charge on any atom is -0.350 e. The Morgan fingerprint density at radius 1 is 1.16 bits per heavy atom. The van der Waals surface area contributed by atoms with Crippen molar-refractivity contribution in [3.8, 4) is 0 Å². The van der Waals surface area contributed by atoms with Gasteiger partial charge in [-0.1, -0.05) is 18.7 Å². The number of hydrogen-bond acceptors (Lipinski definition) is 3. The highest BCUT2D eigenvalue weighted by Gasteiger charge is 2.13. The van der Waals surface area contributed by atoms with Crippen molar-refractivity contribution in [2.75, 3.05) is 5.32 Å². The minimum atomic E-state index is -0.302. The zero-order valence-electron chi connectivity index (χ0n) is 14.4. The summed E-state index contributed by atoms with van der Waals surface area (Å²) < 4.78 is 13.0. The first-order valence-electron chi connectivity index (χ1n) is 8.05. The van der Waals surface area contributed by atoms with Gasteiger partial charge in [0.05, 0.1) is 5.69 Å². The van der Waals surface area contributed by atoms with Crippen molar-refractivity contribution in [3.63, 3.8) is 0 Å². The highest BCUT2D eigenvalue weighted by atomic mass is 32.2. The van der Waals surface area contributed by atoms with Gasteiger partial charge in [0.25, 0.3) is 5.91 Å². The van der Waals surface area contributed by atoms with E-state index in [0.717, 1.165) is 16.2 Å². The molecule has 1 unspecified atom stereocenters. The molecule has 0 heterocycles. The number of halogens is 1. The second-order valence-corrected chi connectivity index (χ2v) is 6.85. The van der Waals surface area contributed by atoms with Gasteiger partial charge in [0, 0.05) is 28.3 Å². The quantitative estimate of drug-likeness (QED) is 0.799. The summed E-state index contributed by atoms with van der Waals surface area (Å²) in [6, 6.07) is 11.3. The lowest BCUT2D eigenvalue weighted by molar-refractivity contribution is -0.114. The first-order chi connectivity index (χ1) is 11.9. The number of anilines is 1. The Bertz CT molecular complexity index is 763. The third kappa shape index (κ3) is 5.60. The molecule has 2 rings (SSSR count). The molecule has 2 amide bonds. The summed E-state index contributed by atoms with van der Waals surface area (Å²) in [6.45, 7) is 5.35. The van der Waals surface area contributed by atoms with E-state index < -0.39 is 0 Å². The van der Waals surface area contributed by atoms with Crippen LogP contribution in [0.2, 0.25) is 0 Å². The van der Waals surface area contributed by atoms with Gasteiger partial charge in [0.15, 0.2) is 0 Å². The molecule has 25 heavy (non-hydrogen) atoms. The number of nitrogens with one attached hydrogen (secondary N) is 2. The van der Waals surface area contributed by atoms with Crippen molar-refractivity contribution in [2.45, 2.75) is 43.0 Å². The Hall–Kier alpha value is -2.34. The SMILES string of the molecule is CCC(C)NC(=O)c1ccc(Sc2ccc(F)cc2)c(NC(C)=O)c1. The second kappa shape index (κ2) is 8.67. The van der Waals surface area contributed by atoms with Crippen molar-refractivity contribution in [1.29, 1.82) is 0 Å². The number of carbonyl (C=O) groups is 2. The largest absolute Gasteiger partial charge is 0.350 e. The van der Waals surface area contributed by atoms with Crippen molar-refractivity contribution >= 4 is 29.3 Å². The lowest BCUT2D eigenvalue weighted by atomic mass is 10.1. The van der Waals surface area contributed by atoms with Crippen LogP contribution in [0.4, 0.5) is 10.1 Å². The fourth-order valence-corrected chi connectivity index (χ4v) is 2.97. The molecule has 0 radical (unpaired) electrons. The normalized spacial score (nSPS) is 11.7. The molecule has 2 aromatic carbocycles. The summed E-state index contributed by atoms with van der Waals surface area (Å²) >= 11 is 1.39.